The molecule has 2 aromatic rings. The van der Waals surface area contributed by atoms with E-state index in [0.717, 1.165) is 11.4 Å². The molecular weight excluding hydrogens is 348 g/mol. The number of hydrogen-bond acceptors (Lipinski definition) is 4. The molecule has 24 heavy (non-hydrogen) atoms. The van der Waals surface area contributed by atoms with Crippen molar-refractivity contribution in [2.75, 3.05) is 26.2 Å². The highest BCUT2D eigenvalue weighted by Crippen LogP contribution is 2.16. The van der Waals surface area contributed by atoms with E-state index in [1.165, 1.54) is 0 Å². The lowest BCUT2D eigenvalue weighted by Crippen LogP contribution is -2.48. The monoisotopic (exact) mass is 368 g/mol. The van der Waals surface area contributed by atoms with Gasteiger partial charge in [0, 0.05) is 33.2 Å². The molecule has 0 bridgehead atoms. The first-order valence-electron chi connectivity index (χ1n) is 7.86. The van der Waals surface area contributed by atoms with Crippen molar-refractivity contribution in [3.8, 4) is 0 Å². The van der Waals surface area contributed by atoms with Gasteiger partial charge in [-0.3, -0.25) is 4.90 Å². The maximum absolute atomic E-state index is 12.6. The maximum Gasteiger partial charge on any atom is 0.218 e. The van der Waals surface area contributed by atoms with Gasteiger partial charge < -0.3 is 4.57 Å². The molecule has 1 aromatic heterocycles. The molecule has 6 nitrogen and oxygen atoms in total. The third kappa shape index (κ3) is 3.97. The predicted octanol–water partition coefficient (Wildman–Crippen LogP) is 1.72. The van der Waals surface area contributed by atoms with Crippen molar-refractivity contribution in [2.24, 2.45) is 7.05 Å². The first kappa shape index (κ1) is 17.4. The summed E-state index contributed by atoms with van der Waals surface area (Å²) in [5, 5.41) is 0.606. The second-order valence-corrected chi connectivity index (χ2v) is 8.33. The van der Waals surface area contributed by atoms with E-state index in [1.54, 1.807) is 10.5 Å². The van der Waals surface area contributed by atoms with Gasteiger partial charge in [0.25, 0.3) is 0 Å². The van der Waals surface area contributed by atoms with Gasteiger partial charge in [-0.25, -0.2) is 13.4 Å². The smallest absolute Gasteiger partial charge is 0.218 e. The minimum absolute atomic E-state index is 0.0583. The van der Waals surface area contributed by atoms with Crippen LogP contribution in [0.3, 0.4) is 0 Å². The van der Waals surface area contributed by atoms with Crippen LogP contribution in [-0.2, 0) is 29.4 Å². The number of benzene rings is 1. The van der Waals surface area contributed by atoms with Gasteiger partial charge in [-0.1, -0.05) is 41.9 Å². The number of sulfonamides is 1. The van der Waals surface area contributed by atoms with Crippen LogP contribution >= 0.6 is 11.6 Å². The van der Waals surface area contributed by atoms with Gasteiger partial charge in [0.2, 0.25) is 10.0 Å². The Balaban J connectivity index is 1.57. The number of imidazole rings is 1. The number of rotatable bonds is 5. The van der Waals surface area contributed by atoms with Crippen molar-refractivity contribution in [2.45, 2.75) is 12.3 Å². The fourth-order valence-electron chi connectivity index (χ4n) is 2.81. The molecule has 3 rings (SSSR count). The molecule has 1 aliphatic rings. The van der Waals surface area contributed by atoms with E-state index in [0.29, 0.717) is 37.9 Å². The zero-order chi connectivity index (χ0) is 17.2. The van der Waals surface area contributed by atoms with Crippen molar-refractivity contribution in [3.63, 3.8) is 0 Å². The second kappa shape index (κ2) is 7.23. The summed E-state index contributed by atoms with van der Waals surface area (Å²) in [6.45, 7) is 3.08. The maximum atomic E-state index is 12.6. The molecule has 130 valence electrons. The molecule has 8 heteroatoms. The van der Waals surface area contributed by atoms with Crippen LogP contribution in [0, 0.1) is 0 Å². The van der Waals surface area contributed by atoms with Gasteiger partial charge in [-0.05, 0) is 5.56 Å². The molecule has 0 radical (unpaired) electrons. The van der Waals surface area contributed by atoms with Crippen LogP contribution in [0.2, 0.25) is 5.15 Å². The number of hydrogen-bond donors (Lipinski definition) is 0. The zero-order valence-electron chi connectivity index (χ0n) is 13.6. The van der Waals surface area contributed by atoms with Crippen molar-refractivity contribution in [1.82, 2.24) is 18.8 Å². The summed E-state index contributed by atoms with van der Waals surface area (Å²) in [5.41, 5.74) is 0.822. The lowest BCUT2D eigenvalue weighted by molar-refractivity contribution is 0.176. The molecule has 1 saturated heterocycles. The zero-order valence-corrected chi connectivity index (χ0v) is 15.2. The molecule has 0 spiro atoms. The van der Waals surface area contributed by atoms with Gasteiger partial charge in [-0.2, -0.15) is 4.31 Å². The summed E-state index contributed by atoms with van der Waals surface area (Å²) in [4.78, 5) is 6.49. The van der Waals surface area contributed by atoms with Crippen molar-refractivity contribution >= 4 is 21.6 Å². The highest BCUT2D eigenvalue weighted by atomic mass is 35.5. The van der Waals surface area contributed by atoms with Crippen LogP contribution in [0.4, 0.5) is 0 Å². The molecule has 2 heterocycles. The molecule has 1 aromatic carbocycles. The van der Waals surface area contributed by atoms with Gasteiger partial charge in [0.1, 0.15) is 11.0 Å². The molecule has 0 aliphatic carbocycles. The summed E-state index contributed by atoms with van der Waals surface area (Å²) in [6, 6.07) is 9.30. The summed E-state index contributed by atoms with van der Waals surface area (Å²) < 4.78 is 28.5. The van der Waals surface area contributed by atoms with E-state index in [9.17, 15) is 8.42 Å². The first-order valence-corrected chi connectivity index (χ1v) is 9.84. The minimum atomic E-state index is -3.27. The first-order chi connectivity index (χ1) is 11.5. The third-order valence-electron chi connectivity index (χ3n) is 4.31. The van der Waals surface area contributed by atoms with Gasteiger partial charge in [0.15, 0.2) is 0 Å². The molecule has 0 atom stereocenters. The fraction of sp³-hybridized carbons (Fsp3) is 0.438. The Morgan fingerprint density at radius 1 is 1.12 bits per heavy atom. The highest BCUT2D eigenvalue weighted by molar-refractivity contribution is 7.88. The molecule has 0 amide bonds. The van der Waals surface area contributed by atoms with E-state index in [2.05, 4.69) is 9.88 Å². The highest BCUT2D eigenvalue weighted by Gasteiger charge is 2.27. The summed E-state index contributed by atoms with van der Waals surface area (Å²) in [5.74, 6) is 0.948. The normalized spacial score (nSPS) is 17.2. The molecule has 1 fully saturated rings. The molecular formula is C16H21ClN4O2S. The average Bonchev–Trinajstić information content (AvgIpc) is 2.88. The van der Waals surface area contributed by atoms with Crippen LogP contribution in [0.5, 0.6) is 0 Å². The van der Waals surface area contributed by atoms with Crippen LogP contribution in [0.25, 0.3) is 0 Å². The van der Waals surface area contributed by atoms with E-state index in [1.807, 2.05) is 41.9 Å². The average molecular weight is 369 g/mol. The van der Waals surface area contributed by atoms with Crippen molar-refractivity contribution < 1.29 is 8.42 Å². The Labute approximate surface area is 147 Å². The van der Waals surface area contributed by atoms with Gasteiger partial charge in [0.05, 0.1) is 18.5 Å². The van der Waals surface area contributed by atoms with Gasteiger partial charge >= 0.3 is 0 Å². The number of piperazine rings is 1. The van der Waals surface area contributed by atoms with E-state index in [-0.39, 0.29) is 5.75 Å². The largest absolute Gasteiger partial charge is 0.321 e. The fourth-order valence-corrected chi connectivity index (χ4v) is 4.48. The Hall–Kier alpha value is -1.41. The van der Waals surface area contributed by atoms with E-state index in [4.69, 9.17) is 11.6 Å². The lowest BCUT2D eigenvalue weighted by Gasteiger charge is -2.33. The van der Waals surface area contributed by atoms with E-state index >= 15 is 0 Å². The molecule has 0 N–H and O–H groups in total. The van der Waals surface area contributed by atoms with Crippen LogP contribution in [0.15, 0.2) is 36.5 Å². The van der Waals surface area contributed by atoms with Crippen molar-refractivity contribution in [3.05, 3.63) is 53.1 Å². The van der Waals surface area contributed by atoms with Crippen LogP contribution in [0.1, 0.15) is 11.4 Å². The molecule has 0 unspecified atom stereocenters. The molecule has 1 aliphatic heterocycles. The van der Waals surface area contributed by atoms with Crippen LogP contribution in [-0.4, -0.2) is 53.4 Å². The Morgan fingerprint density at radius 2 is 1.79 bits per heavy atom. The summed E-state index contributed by atoms with van der Waals surface area (Å²) in [6.07, 6.45) is 1.64. The van der Waals surface area contributed by atoms with E-state index < -0.39 is 10.0 Å². The standard InChI is InChI=1S/C16H21ClN4O2S/c1-19-15(17)11-18-16(19)12-20-7-9-21(10-8-20)24(22,23)13-14-5-3-2-4-6-14/h2-6,11H,7-10,12-13H2,1H3. The number of nitrogens with zero attached hydrogens (tertiary/aromatic N) is 4. The minimum Gasteiger partial charge on any atom is -0.321 e. The predicted molar refractivity (Wildman–Crippen MR) is 94.1 cm³/mol. The Bertz CT molecular complexity index is 784. The number of aromatic nitrogens is 2. The number of halogens is 1. The quantitative estimate of drug-likeness (QED) is 0.806. The lowest BCUT2D eigenvalue weighted by atomic mass is 10.2. The van der Waals surface area contributed by atoms with Gasteiger partial charge in [-0.15, -0.1) is 0 Å². The Kier molecular flexibility index (Phi) is 5.24. The molecule has 0 saturated carbocycles. The van der Waals surface area contributed by atoms with Crippen LogP contribution < -0.4 is 0 Å². The van der Waals surface area contributed by atoms with Crippen molar-refractivity contribution in [1.29, 1.82) is 0 Å². The summed E-state index contributed by atoms with van der Waals surface area (Å²) >= 11 is 6.00. The third-order valence-corrected chi connectivity index (χ3v) is 6.51. The SMILES string of the molecule is Cn1c(Cl)cnc1CN1CCN(S(=O)(=O)Cc2ccccc2)CC1. The topological polar surface area (TPSA) is 58.4 Å². The second-order valence-electron chi connectivity index (χ2n) is 5.97. The Morgan fingerprint density at radius 3 is 2.38 bits per heavy atom. The summed E-state index contributed by atoms with van der Waals surface area (Å²) in [7, 11) is -1.39.